The number of halogens is 1. The zero-order chi connectivity index (χ0) is 18.0. The van der Waals surface area contributed by atoms with E-state index in [9.17, 15) is 14.0 Å². The van der Waals surface area contributed by atoms with Gasteiger partial charge in [-0.3, -0.25) is 9.59 Å². The van der Waals surface area contributed by atoms with Crippen LogP contribution in [-0.4, -0.2) is 50.5 Å². The Kier molecular flexibility index (Phi) is 4.64. The third-order valence-corrected chi connectivity index (χ3v) is 4.13. The van der Waals surface area contributed by atoms with Crippen molar-refractivity contribution in [3.05, 3.63) is 41.5 Å². The van der Waals surface area contributed by atoms with E-state index >= 15 is 0 Å². The Morgan fingerprint density at radius 1 is 1.44 bits per heavy atom. The Morgan fingerprint density at radius 2 is 2.24 bits per heavy atom. The van der Waals surface area contributed by atoms with E-state index < -0.39 is 11.8 Å². The molecule has 9 heteroatoms. The van der Waals surface area contributed by atoms with Crippen LogP contribution in [0.25, 0.3) is 0 Å². The van der Waals surface area contributed by atoms with E-state index in [0.717, 1.165) is 11.1 Å². The highest BCUT2D eigenvalue weighted by atomic mass is 19.1. The molecule has 3 rings (SSSR count). The van der Waals surface area contributed by atoms with Crippen molar-refractivity contribution in [1.29, 1.82) is 0 Å². The zero-order valence-electron chi connectivity index (χ0n) is 13.6. The van der Waals surface area contributed by atoms with Gasteiger partial charge >= 0.3 is 5.97 Å². The van der Waals surface area contributed by atoms with Crippen molar-refractivity contribution >= 4 is 11.9 Å². The third kappa shape index (κ3) is 3.44. The molecule has 0 radical (unpaired) electrons. The maximum absolute atomic E-state index is 14.0. The Balaban J connectivity index is 1.81. The molecule has 25 heavy (non-hydrogen) atoms. The molecular weight excluding hydrogens is 331 g/mol. The number of carboxylic acids is 1. The third-order valence-electron chi connectivity index (χ3n) is 4.13. The topological polar surface area (TPSA) is 97.5 Å². The summed E-state index contributed by atoms with van der Waals surface area (Å²) < 4.78 is 20.0. The van der Waals surface area contributed by atoms with Gasteiger partial charge in [0.15, 0.2) is 17.3 Å². The molecule has 1 unspecified atom stereocenters. The average Bonchev–Trinajstić information content (AvgIpc) is 3.23. The number of carbonyl (C=O) groups is 2. The predicted octanol–water partition coefficient (Wildman–Crippen LogP) is 1.49. The second kappa shape index (κ2) is 6.88. The van der Waals surface area contributed by atoms with Crippen LogP contribution in [0.4, 0.5) is 4.39 Å². The first kappa shape index (κ1) is 16.9. The number of nitrogens with zero attached hydrogens (tertiary/aromatic N) is 4. The molecule has 132 valence electrons. The lowest BCUT2D eigenvalue weighted by molar-refractivity contribution is -0.137. The fourth-order valence-corrected chi connectivity index (χ4v) is 3.01. The van der Waals surface area contributed by atoms with Gasteiger partial charge in [0.05, 0.1) is 19.3 Å². The lowest BCUT2D eigenvalue weighted by Gasteiger charge is -2.24. The first-order chi connectivity index (χ1) is 12.0. The molecule has 1 amide bonds. The molecule has 1 aliphatic heterocycles. The summed E-state index contributed by atoms with van der Waals surface area (Å²) in [6, 6.07) is 4.38. The number of aromatic nitrogens is 3. The SMILES string of the molecule is COc1ccc(C2CCCN2C(=O)c2cn(CC(=O)O)nn2)cc1F. The van der Waals surface area contributed by atoms with Crippen LogP contribution in [0, 0.1) is 5.82 Å². The van der Waals surface area contributed by atoms with Crippen LogP contribution in [-0.2, 0) is 11.3 Å². The highest BCUT2D eigenvalue weighted by Crippen LogP contribution is 2.34. The molecule has 1 N–H and O–H groups in total. The second-order valence-electron chi connectivity index (χ2n) is 5.75. The summed E-state index contributed by atoms with van der Waals surface area (Å²) in [5.74, 6) is -1.75. The minimum atomic E-state index is -1.07. The molecule has 0 bridgehead atoms. The van der Waals surface area contributed by atoms with Crippen LogP contribution in [0.15, 0.2) is 24.4 Å². The van der Waals surface area contributed by atoms with Crippen molar-refractivity contribution in [3.8, 4) is 5.75 Å². The average molecular weight is 348 g/mol. The number of amides is 1. The van der Waals surface area contributed by atoms with E-state index in [-0.39, 0.29) is 29.9 Å². The maximum Gasteiger partial charge on any atom is 0.325 e. The second-order valence-corrected chi connectivity index (χ2v) is 5.75. The van der Waals surface area contributed by atoms with Crippen molar-refractivity contribution in [1.82, 2.24) is 19.9 Å². The van der Waals surface area contributed by atoms with E-state index in [1.807, 2.05) is 0 Å². The number of ether oxygens (including phenoxy) is 1. The molecule has 0 saturated carbocycles. The van der Waals surface area contributed by atoms with Crippen molar-refractivity contribution < 1.29 is 23.8 Å². The van der Waals surface area contributed by atoms with Crippen molar-refractivity contribution in [2.24, 2.45) is 0 Å². The number of methoxy groups -OCH3 is 1. The molecule has 1 aromatic heterocycles. The van der Waals surface area contributed by atoms with E-state index in [1.165, 1.54) is 25.4 Å². The fraction of sp³-hybridized carbons (Fsp3) is 0.375. The monoisotopic (exact) mass is 348 g/mol. The highest BCUT2D eigenvalue weighted by Gasteiger charge is 2.32. The number of hydrogen-bond donors (Lipinski definition) is 1. The minimum Gasteiger partial charge on any atom is -0.494 e. The van der Waals surface area contributed by atoms with Gasteiger partial charge in [-0.1, -0.05) is 11.3 Å². The van der Waals surface area contributed by atoms with Crippen molar-refractivity contribution in [2.75, 3.05) is 13.7 Å². The molecule has 2 aromatic rings. The normalized spacial score (nSPS) is 16.9. The van der Waals surface area contributed by atoms with Crippen LogP contribution in [0.5, 0.6) is 5.75 Å². The maximum atomic E-state index is 14.0. The lowest BCUT2D eigenvalue weighted by Crippen LogP contribution is -2.31. The lowest BCUT2D eigenvalue weighted by atomic mass is 10.0. The summed E-state index contributed by atoms with van der Waals surface area (Å²) in [5.41, 5.74) is 0.754. The zero-order valence-corrected chi connectivity index (χ0v) is 13.6. The van der Waals surface area contributed by atoms with E-state index in [0.29, 0.717) is 18.5 Å². The number of likely N-dealkylation sites (tertiary alicyclic amines) is 1. The molecule has 1 fully saturated rings. The molecule has 0 spiro atoms. The standard InChI is InChI=1S/C16H17FN4O4/c1-25-14-5-4-10(7-11(14)17)13-3-2-6-21(13)16(24)12-8-20(19-18-12)9-15(22)23/h4-5,7-8,13H,2-3,6,9H2,1H3,(H,22,23). The van der Waals surface area contributed by atoms with Gasteiger partial charge in [0.2, 0.25) is 0 Å². The van der Waals surface area contributed by atoms with Crippen LogP contribution in [0.1, 0.15) is 34.9 Å². The number of carbonyl (C=O) groups excluding carboxylic acids is 1. The molecule has 1 atom stereocenters. The number of aliphatic carboxylic acids is 1. The molecule has 1 aromatic carbocycles. The van der Waals surface area contributed by atoms with Gasteiger partial charge in [0, 0.05) is 6.54 Å². The largest absolute Gasteiger partial charge is 0.494 e. The van der Waals surface area contributed by atoms with Gasteiger partial charge < -0.3 is 14.7 Å². The Hall–Kier alpha value is -2.97. The van der Waals surface area contributed by atoms with Gasteiger partial charge in [-0.15, -0.1) is 5.10 Å². The Morgan fingerprint density at radius 3 is 2.92 bits per heavy atom. The Bertz CT molecular complexity index is 807. The van der Waals surface area contributed by atoms with Crippen LogP contribution in [0.3, 0.4) is 0 Å². The minimum absolute atomic E-state index is 0.0714. The van der Waals surface area contributed by atoms with Gasteiger partial charge in [-0.25, -0.2) is 9.07 Å². The first-order valence-corrected chi connectivity index (χ1v) is 7.76. The van der Waals surface area contributed by atoms with Crippen molar-refractivity contribution in [2.45, 2.75) is 25.4 Å². The molecule has 2 heterocycles. The van der Waals surface area contributed by atoms with Crippen LogP contribution in [0.2, 0.25) is 0 Å². The molecular formula is C16H17FN4O4. The van der Waals surface area contributed by atoms with Crippen LogP contribution >= 0.6 is 0 Å². The number of hydrogen-bond acceptors (Lipinski definition) is 5. The summed E-state index contributed by atoms with van der Waals surface area (Å²) in [6.07, 6.45) is 2.80. The quantitative estimate of drug-likeness (QED) is 0.879. The van der Waals surface area contributed by atoms with E-state index in [2.05, 4.69) is 10.3 Å². The number of benzene rings is 1. The predicted molar refractivity (Wildman–Crippen MR) is 83.6 cm³/mol. The summed E-state index contributed by atoms with van der Waals surface area (Å²) in [6.45, 7) is 0.149. The molecule has 0 aliphatic carbocycles. The number of rotatable bonds is 5. The van der Waals surface area contributed by atoms with Gasteiger partial charge in [-0.2, -0.15) is 0 Å². The summed E-state index contributed by atoms with van der Waals surface area (Å²) in [7, 11) is 1.39. The van der Waals surface area contributed by atoms with E-state index in [4.69, 9.17) is 9.84 Å². The van der Waals surface area contributed by atoms with Gasteiger partial charge in [-0.05, 0) is 30.5 Å². The van der Waals surface area contributed by atoms with Crippen molar-refractivity contribution in [3.63, 3.8) is 0 Å². The molecule has 1 saturated heterocycles. The fourth-order valence-electron chi connectivity index (χ4n) is 3.01. The Labute approximate surface area is 142 Å². The summed E-state index contributed by atoms with van der Waals surface area (Å²) in [4.78, 5) is 25.0. The highest BCUT2D eigenvalue weighted by molar-refractivity contribution is 5.92. The van der Waals surface area contributed by atoms with Gasteiger partial charge in [0.1, 0.15) is 6.54 Å². The van der Waals surface area contributed by atoms with Crippen LogP contribution < -0.4 is 4.74 Å². The summed E-state index contributed by atoms with van der Waals surface area (Å²) in [5, 5.41) is 16.2. The van der Waals surface area contributed by atoms with E-state index in [1.54, 1.807) is 11.0 Å². The first-order valence-electron chi connectivity index (χ1n) is 7.76. The molecule has 1 aliphatic rings. The summed E-state index contributed by atoms with van der Waals surface area (Å²) >= 11 is 0. The van der Waals surface area contributed by atoms with Gasteiger partial charge in [0.25, 0.3) is 5.91 Å². The smallest absolute Gasteiger partial charge is 0.325 e. The number of carboxylic acid groups (broad SMARTS) is 1. The molecule has 8 nitrogen and oxygen atoms in total.